The van der Waals surface area contributed by atoms with Gasteiger partial charge in [0.25, 0.3) is 0 Å². The van der Waals surface area contributed by atoms with Crippen LogP contribution in [-0.4, -0.2) is 36.8 Å². The van der Waals surface area contributed by atoms with E-state index in [2.05, 4.69) is 41.8 Å². The molecule has 8 heteroatoms. The number of amidine groups is 1. The molecule has 3 rings (SSSR count). The Kier molecular flexibility index (Phi) is 6.26. The summed E-state index contributed by atoms with van der Waals surface area (Å²) in [4.78, 5) is 18.6. The molecule has 6 nitrogen and oxygen atoms in total. The molecular formula is C19H20Br2N2O4. The highest BCUT2D eigenvalue weighted by atomic mass is 79.9. The summed E-state index contributed by atoms with van der Waals surface area (Å²) >= 11 is 7.11. The number of allylic oxidation sites excluding steroid dienone is 2. The fourth-order valence-electron chi connectivity index (χ4n) is 3.18. The first-order valence-corrected chi connectivity index (χ1v) is 10.1. The summed E-state index contributed by atoms with van der Waals surface area (Å²) in [7, 11) is 1.64. The van der Waals surface area contributed by atoms with E-state index in [4.69, 9.17) is 14.2 Å². The number of benzene rings is 1. The number of ether oxygens (including phenoxy) is 3. The lowest BCUT2D eigenvalue weighted by Crippen LogP contribution is -2.45. The van der Waals surface area contributed by atoms with Crippen molar-refractivity contribution in [1.82, 2.24) is 4.90 Å². The summed E-state index contributed by atoms with van der Waals surface area (Å²) in [6, 6.07) is 7.78. The fourth-order valence-corrected chi connectivity index (χ4v) is 4.49. The maximum atomic E-state index is 11.9. The van der Waals surface area contributed by atoms with Crippen molar-refractivity contribution in [3.05, 3.63) is 51.1 Å². The summed E-state index contributed by atoms with van der Waals surface area (Å²) < 4.78 is 17.4. The van der Waals surface area contributed by atoms with Crippen LogP contribution in [0.25, 0.3) is 0 Å². The first-order chi connectivity index (χ1) is 12.9. The molecule has 0 spiro atoms. The van der Waals surface area contributed by atoms with Crippen LogP contribution in [0, 0.1) is 5.92 Å². The van der Waals surface area contributed by atoms with Gasteiger partial charge >= 0.3 is 6.16 Å². The number of halogens is 2. The van der Waals surface area contributed by atoms with Gasteiger partial charge in [0, 0.05) is 16.6 Å². The highest BCUT2D eigenvalue weighted by molar-refractivity contribution is 9.12. The van der Waals surface area contributed by atoms with Crippen molar-refractivity contribution in [2.45, 2.75) is 26.1 Å². The van der Waals surface area contributed by atoms with Crippen LogP contribution in [0.3, 0.4) is 0 Å². The highest BCUT2D eigenvalue weighted by Gasteiger charge is 2.41. The number of carbonyl (C=O) groups is 1. The van der Waals surface area contributed by atoms with Crippen LogP contribution in [0.2, 0.25) is 0 Å². The lowest BCUT2D eigenvalue weighted by molar-refractivity contribution is -0.00676. The molecule has 1 aromatic rings. The molecule has 3 atom stereocenters. The molecule has 0 bridgehead atoms. The van der Waals surface area contributed by atoms with Crippen molar-refractivity contribution in [3.63, 3.8) is 0 Å². The van der Waals surface area contributed by atoms with Gasteiger partial charge in [-0.05, 0) is 62.6 Å². The van der Waals surface area contributed by atoms with Gasteiger partial charge in [-0.2, -0.15) is 0 Å². The van der Waals surface area contributed by atoms with Crippen molar-refractivity contribution in [1.29, 1.82) is 0 Å². The largest absolute Gasteiger partial charge is 0.510 e. The molecule has 3 unspecified atom stereocenters. The third-order valence-electron chi connectivity index (χ3n) is 4.42. The standard InChI is InChI=1S/C19H20Br2N2O4/c1-4-26-19(24)27-18-11(2)16(12-5-7-14(25-3)8-6-12)23-10-13(20)9-15(21)17(23)22-18/h5-11,16,18H,4H2,1-3H3. The number of hydrogen-bond donors (Lipinski definition) is 0. The second-order valence-corrected chi connectivity index (χ2v) is 7.90. The number of nitrogens with zero attached hydrogens (tertiary/aromatic N) is 2. The highest BCUT2D eigenvalue weighted by Crippen LogP contribution is 2.41. The number of fused-ring (bicyclic) bond motifs is 1. The predicted molar refractivity (Wildman–Crippen MR) is 110 cm³/mol. The summed E-state index contributed by atoms with van der Waals surface area (Å²) in [5.74, 6) is 1.37. The van der Waals surface area contributed by atoms with Crippen LogP contribution in [0.4, 0.5) is 4.79 Å². The normalized spacial score (nSPS) is 24.3. The minimum atomic E-state index is -0.715. The maximum Gasteiger partial charge on any atom is 0.510 e. The molecule has 27 heavy (non-hydrogen) atoms. The summed E-state index contributed by atoms with van der Waals surface area (Å²) in [5.41, 5.74) is 1.06. The van der Waals surface area contributed by atoms with E-state index in [1.807, 2.05) is 43.5 Å². The van der Waals surface area contributed by atoms with Gasteiger partial charge in [-0.15, -0.1) is 0 Å². The molecule has 0 N–H and O–H groups in total. The average molecular weight is 500 g/mol. The van der Waals surface area contributed by atoms with Gasteiger partial charge in [0.05, 0.1) is 24.2 Å². The maximum absolute atomic E-state index is 11.9. The Balaban J connectivity index is 2.00. The smallest absolute Gasteiger partial charge is 0.497 e. The summed E-state index contributed by atoms with van der Waals surface area (Å²) in [6.45, 7) is 4.00. The summed E-state index contributed by atoms with van der Waals surface area (Å²) in [6.07, 6.45) is 2.52. The third-order valence-corrected chi connectivity index (χ3v) is 5.44. The van der Waals surface area contributed by atoms with Gasteiger partial charge in [-0.25, -0.2) is 9.79 Å². The number of hydrogen-bond acceptors (Lipinski definition) is 6. The Labute approximate surface area is 175 Å². The van der Waals surface area contributed by atoms with E-state index in [9.17, 15) is 4.79 Å². The topological polar surface area (TPSA) is 60.4 Å². The van der Waals surface area contributed by atoms with Crippen molar-refractivity contribution >= 4 is 43.9 Å². The SMILES string of the molecule is CCOC(=O)OC1N=C2C(Br)=CC(Br)=CN2C(c2ccc(OC)cc2)C1C. The summed E-state index contributed by atoms with van der Waals surface area (Å²) in [5, 5.41) is 0. The van der Waals surface area contributed by atoms with E-state index in [1.54, 1.807) is 14.0 Å². The molecule has 2 aliphatic heterocycles. The zero-order valence-corrected chi connectivity index (χ0v) is 18.4. The van der Waals surface area contributed by atoms with Crippen molar-refractivity contribution in [2.75, 3.05) is 13.7 Å². The van der Waals surface area contributed by atoms with Crippen LogP contribution < -0.4 is 4.74 Å². The second kappa shape index (κ2) is 8.48. The van der Waals surface area contributed by atoms with E-state index >= 15 is 0 Å². The predicted octanol–water partition coefficient (Wildman–Crippen LogP) is 5.11. The van der Waals surface area contributed by atoms with Gasteiger partial charge < -0.3 is 19.1 Å². The lowest BCUT2D eigenvalue weighted by Gasteiger charge is -2.43. The number of methoxy groups -OCH3 is 1. The zero-order chi connectivity index (χ0) is 19.6. The fraction of sp³-hybridized carbons (Fsp3) is 0.368. The van der Waals surface area contributed by atoms with Crippen LogP contribution in [0.5, 0.6) is 5.75 Å². The Morgan fingerprint density at radius 1 is 1.26 bits per heavy atom. The molecule has 144 valence electrons. The van der Waals surface area contributed by atoms with Crippen LogP contribution in [0.15, 0.2) is 50.5 Å². The van der Waals surface area contributed by atoms with E-state index in [-0.39, 0.29) is 18.6 Å². The molecule has 0 fully saturated rings. The van der Waals surface area contributed by atoms with E-state index < -0.39 is 12.4 Å². The number of rotatable bonds is 4. The zero-order valence-electron chi connectivity index (χ0n) is 15.2. The molecule has 2 heterocycles. The number of carbonyl (C=O) groups excluding carboxylic acids is 1. The first kappa shape index (κ1) is 19.9. The number of aliphatic imine (C=N–C) groups is 1. The van der Waals surface area contributed by atoms with E-state index in [0.717, 1.165) is 20.3 Å². The first-order valence-electron chi connectivity index (χ1n) is 8.53. The molecule has 1 aromatic carbocycles. The Morgan fingerprint density at radius 3 is 2.59 bits per heavy atom. The average Bonchev–Trinajstić information content (AvgIpc) is 2.63. The van der Waals surface area contributed by atoms with Crippen LogP contribution in [-0.2, 0) is 9.47 Å². The van der Waals surface area contributed by atoms with Gasteiger partial charge in [-0.3, -0.25) is 0 Å². The molecule has 0 saturated carbocycles. The second-order valence-electron chi connectivity index (χ2n) is 6.13. The van der Waals surface area contributed by atoms with E-state index in [0.29, 0.717) is 5.84 Å². The molecule has 0 saturated heterocycles. The van der Waals surface area contributed by atoms with Crippen LogP contribution in [0.1, 0.15) is 25.5 Å². The minimum absolute atomic E-state index is 0.0865. The van der Waals surface area contributed by atoms with Crippen molar-refractivity contribution in [3.8, 4) is 5.75 Å². The van der Waals surface area contributed by atoms with Gasteiger partial charge in [0.2, 0.25) is 6.23 Å². The Hall–Kier alpha value is -1.80. The van der Waals surface area contributed by atoms with Crippen molar-refractivity contribution < 1.29 is 19.0 Å². The monoisotopic (exact) mass is 498 g/mol. The molecule has 2 aliphatic rings. The van der Waals surface area contributed by atoms with Crippen LogP contribution >= 0.6 is 31.9 Å². The molecule has 0 amide bonds. The minimum Gasteiger partial charge on any atom is -0.497 e. The van der Waals surface area contributed by atoms with Gasteiger partial charge in [-0.1, -0.05) is 19.1 Å². The van der Waals surface area contributed by atoms with Gasteiger partial charge in [0.1, 0.15) is 11.6 Å². The van der Waals surface area contributed by atoms with Gasteiger partial charge in [0.15, 0.2) is 0 Å². The molecule has 0 aliphatic carbocycles. The Morgan fingerprint density at radius 2 is 1.96 bits per heavy atom. The molecule has 0 radical (unpaired) electrons. The van der Waals surface area contributed by atoms with E-state index in [1.165, 1.54) is 0 Å². The van der Waals surface area contributed by atoms with Crippen molar-refractivity contribution in [2.24, 2.45) is 10.9 Å². The molecular weight excluding hydrogens is 480 g/mol. The third kappa shape index (κ3) is 4.21. The quantitative estimate of drug-likeness (QED) is 0.538. The lowest BCUT2D eigenvalue weighted by atomic mass is 9.89. The molecule has 0 aromatic heterocycles. The Bertz CT molecular complexity index is 804.